The highest BCUT2D eigenvalue weighted by atomic mass is 32.2. The number of carbonyl (C=O) groups excluding carboxylic acids is 2. The number of hydrogen-bond acceptors (Lipinski definition) is 4. The van der Waals surface area contributed by atoms with Gasteiger partial charge in [0, 0.05) is 12.1 Å². The SMILES string of the molecule is C=CCN1C(=O)S/C(=C/c2ccccc2OCc2ccc(C)cc2)C1=O. The Kier molecular flexibility index (Phi) is 5.58. The van der Waals surface area contributed by atoms with Crippen LogP contribution in [0.4, 0.5) is 4.79 Å². The topological polar surface area (TPSA) is 46.6 Å². The number of rotatable bonds is 6. The Labute approximate surface area is 157 Å². The highest BCUT2D eigenvalue weighted by Gasteiger charge is 2.34. The van der Waals surface area contributed by atoms with Crippen molar-refractivity contribution in [1.82, 2.24) is 4.90 Å². The predicted octanol–water partition coefficient (Wildman–Crippen LogP) is 4.80. The largest absolute Gasteiger partial charge is 0.488 e. The molecule has 1 aliphatic rings. The van der Waals surface area contributed by atoms with Crippen LogP contribution in [0.3, 0.4) is 0 Å². The summed E-state index contributed by atoms with van der Waals surface area (Å²) in [5, 5.41) is -0.279. The smallest absolute Gasteiger partial charge is 0.293 e. The molecule has 132 valence electrons. The lowest BCUT2D eigenvalue weighted by Gasteiger charge is -2.10. The molecule has 0 N–H and O–H groups in total. The lowest BCUT2D eigenvalue weighted by atomic mass is 10.1. The first-order chi connectivity index (χ1) is 12.6. The van der Waals surface area contributed by atoms with Gasteiger partial charge >= 0.3 is 0 Å². The number of aryl methyl sites for hydroxylation is 1. The molecule has 26 heavy (non-hydrogen) atoms. The van der Waals surface area contributed by atoms with Crippen molar-refractivity contribution >= 4 is 29.0 Å². The van der Waals surface area contributed by atoms with Gasteiger partial charge in [0.1, 0.15) is 12.4 Å². The van der Waals surface area contributed by atoms with Crippen LogP contribution in [0.1, 0.15) is 16.7 Å². The van der Waals surface area contributed by atoms with Crippen molar-refractivity contribution in [3.63, 3.8) is 0 Å². The highest BCUT2D eigenvalue weighted by Crippen LogP contribution is 2.34. The predicted molar refractivity (Wildman–Crippen MR) is 105 cm³/mol. The van der Waals surface area contributed by atoms with E-state index in [1.54, 1.807) is 6.08 Å². The summed E-state index contributed by atoms with van der Waals surface area (Å²) in [5.41, 5.74) is 3.03. The molecule has 1 heterocycles. The molecule has 0 saturated carbocycles. The zero-order chi connectivity index (χ0) is 18.5. The molecule has 5 heteroatoms. The van der Waals surface area contributed by atoms with Crippen LogP contribution in [0.15, 0.2) is 66.1 Å². The second-order valence-corrected chi connectivity index (χ2v) is 6.89. The molecule has 0 aromatic heterocycles. The van der Waals surface area contributed by atoms with Crippen molar-refractivity contribution in [2.24, 2.45) is 0 Å². The zero-order valence-electron chi connectivity index (χ0n) is 14.5. The monoisotopic (exact) mass is 365 g/mol. The van der Waals surface area contributed by atoms with Gasteiger partial charge in [-0.1, -0.05) is 54.1 Å². The minimum Gasteiger partial charge on any atom is -0.488 e. The Hall–Kier alpha value is -2.79. The standard InChI is InChI=1S/C21H19NO3S/c1-3-12-22-20(23)19(26-21(22)24)13-17-6-4-5-7-18(17)25-14-16-10-8-15(2)9-11-16/h3-11,13H,1,12,14H2,2H3/b19-13+. The van der Waals surface area contributed by atoms with Crippen LogP contribution in [0.25, 0.3) is 6.08 Å². The van der Waals surface area contributed by atoms with E-state index in [9.17, 15) is 9.59 Å². The summed E-state index contributed by atoms with van der Waals surface area (Å²) >= 11 is 0.937. The number of hydrogen-bond donors (Lipinski definition) is 0. The summed E-state index contributed by atoms with van der Waals surface area (Å²) in [6.45, 7) is 6.27. The molecule has 0 unspecified atom stereocenters. The van der Waals surface area contributed by atoms with Gasteiger partial charge in [-0.15, -0.1) is 6.58 Å². The third kappa shape index (κ3) is 4.06. The molecule has 0 aliphatic carbocycles. The van der Waals surface area contributed by atoms with Crippen LogP contribution in [0.2, 0.25) is 0 Å². The van der Waals surface area contributed by atoms with Gasteiger partial charge in [0.25, 0.3) is 11.1 Å². The molecule has 0 atom stereocenters. The lowest BCUT2D eigenvalue weighted by molar-refractivity contribution is -0.122. The number of thioether (sulfide) groups is 1. The molecular weight excluding hydrogens is 346 g/mol. The van der Waals surface area contributed by atoms with E-state index in [1.165, 1.54) is 16.5 Å². The second-order valence-electron chi connectivity index (χ2n) is 5.89. The van der Waals surface area contributed by atoms with Crippen molar-refractivity contribution in [2.45, 2.75) is 13.5 Å². The first kappa shape index (κ1) is 18.0. The molecule has 0 bridgehead atoms. The Bertz CT molecular complexity index is 871. The van der Waals surface area contributed by atoms with E-state index in [2.05, 4.69) is 6.58 Å². The van der Waals surface area contributed by atoms with Crippen molar-refractivity contribution in [2.75, 3.05) is 6.54 Å². The first-order valence-corrected chi connectivity index (χ1v) is 9.04. The fraction of sp³-hybridized carbons (Fsp3) is 0.143. The summed E-state index contributed by atoms with van der Waals surface area (Å²) in [5.74, 6) is 0.372. The molecular formula is C21H19NO3S. The summed E-state index contributed by atoms with van der Waals surface area (Å²) in [6.07, 6.45) is 3.25. The van der Waals surface area contributed by atoms with Crippen molar-refractivity contribution < 1.29 is 14.3 Å². The minimum atomic E-state index is -0.298. The Morgan fingerprint density at radius 2 is 1.85 bits per heavy atom. The number of benzene rings is 2. The van der Waals surface area contributed by atoms with E-state index in [-0.39, 0.29) is 17.7 Å². The lowest BCUT2D eigenvalue weighted by Crippen LogP contribution is -2.27. The third-order valence-electron chi connectivity index (χ3n) is 3.91. The average Bonchev–Trinajstić information content (AvgIpc) is 2.90. The van der Waals surface area contributed by atoms with Gasteiger partial charge in [0.05, 0.1) is 4.91 Å². The van der Waals surface area contributed by atoms with Gasteiger partial charge in [0.15, 0.2) is 0 Å². The van der Waals surface area contributed by atoms with E-state index in [0.717, 1.165) is 22.9 Å². The van der Waals surface area contributed by atoms with E-state index in [0.29, 0.717) is 17.3 Å². The number of para-hydroxylation sites is 1. The van der Waals surface area contributed by atoms with Crippen LogP contribution in [-0.2, 0) is 11.4 Å². The molecule has 1 fully saturated rings. The maximum absolute atomic E-state index is 12.4. The molecule has 2 aromatic rings. The minimum absolute atomic E-state index is 0.216. The second kappa shape index (κ2) is 8.06. The molecule has 3 rings (SSSR count). The Balaban J connectivity index is 1.79. The van der Waals surface area contributed by atoms with Crippen LogP contribution < -0.4 is 4.74 Å². The van der Waals surface area contributed by atoms with Crippen LogP contribution in [0.5, 0.6) is 5.75 Å². The third-order valence-corrected chi connectivity index (χ3v) is 4.81. The van der Waals surface area contributed by atoms with Crippen molar-refractivity contribution in [3.05, 3.63) is 82.8 Å². The van der Waals surface area contributed by atoms with E-state index >= 15 is 0 Å². The first-order valence-electron chi connectivity index (χ1n) is 8.22. The number of ether oxygens (including phenoxy) is 1. The fourth-order valence-corrected chi connectivity index (χ4v) is 3.34. The van der Waals surface area contributed by atoms with Gasteiger partial charge in [0.2, 0.25) is 0 Å². The number of imide groups is 1. The summed E-state index contributed by atoms with van der Waals surface area (Å²) in [6, 6.07) is 15.6. The van der Waals surface area contributed by atoms with Crippen LogP contribution in [-0.4, -0.2) is 22.6 Å². The molecule has 0 spiro atoms. The summed E-state index contributed by atoms with van der Waals surface area (Å²) in [4.78, 5) is 25.9. The highest BCUT2D eigenvalue weighted by molar-refractivity contribution is 8.18. The molecule has 4 nitrogen and oxygen atoms in total. The van der Waals surface area contributed by atoms with Crippen LogP contribution >= 0.6 is 11.8 Å². The number of carbonyl (C=O) groups is 2. The summed E-state index contributed by atoms with van der Waals surface area (Å²) < 4.78 is 5.93. The van der Waals surface area contributed by atoms with Gasteiger partial charge in [-0.2, -0.15) is 0 Å². The average molecular weight is 365 g/mol. The fourth-order valence-electron chi connectivity index (χ4n) is 2.50. The molecule has 2 amide bonds. The Morgan fingerprint density at radius 1 is 1.12 bits per heavy atom. The van der Waals surface area contributed by atoms with Crippen molar-refractivity contribution in [3.8, 4) is 5.75 Å². The van der Waals surface area contributed by atoms with Crippen LogP contribution in [0, 0.1) is 6.92 Å². The van der Waals surface area contributed by atoms with Gasteiger partial charge in [-0.25, -0.2) is 0 Å². The molecule has 1 saturated heterocycles. The number of amides is 2. The van der Waals surface area contributed by atoms with Gasteiger partial charge in [-0.05, 0) is 36.4 Å². The van der Waals surface area contributed by atoms with E-state index in [1.807, 2.05) is 55.5 Å². The van der Waals surface area contributed by atoms with Gasteiger partial charge in [-0.3, -0.25) is 14.5 Å². The number of nitrogens with zero attached hydrogens (tertiary/aromatic N) is 1. The van der Waals surface area contributed by atoms with Gasteiger partial charge < -0.3 is 4.74 Å². The van der Waals surface area contributed by atoms with E-state index in [4.69, 9.17) is 4.74 Å². The molecule has 1 aliphatic heterocycles. The molecule has 0 radical (unpaired) electrons. The zero-order valence-corrected chi connectivity index (χ0v) is 15.3. The van der Waals surface area contributed by atoms with Crippen molar-refractivity contribution in [1.29, 1.82) is 0 Å². The maximum Gasteiger partial charge on any atom is 0.293 e. The van der Waals surface area contributed by atoms with E-state index < -0.39 is 0 Å². The summed E-state index contributed by atoms with van der Waals surface area (Å²) in [7, 11) is 0. The Morgan fingerprint density at radius 3 is 2.58 bits per heavy atom. The quantitative estimate of drug-likeness (QED) is 0.545. The maximum atomic E-state index is 12.4. The molecule has 2 aromatic carbocycles. The normalized spacial score (nSPS) is 15.6.